The third-order valence-electron chi connectivity index (χ3n) is 1.84. The first-order valence-electron chi connectivity index (χ1n) is 4.94. The zero-order chi connectivity index (χ0) is 11.7. The zero-order valence-corrected chi connectivity index (χ0v) is 11.2. The Balaban J connectivity index is 3.43. The molecule has 2 amide bonds. The fraction of sp³-hybridized carbons (Fsp3) is 0.778. The summed E-state index contributed by atoms with van der Waals surface area (Å²) < 4.78 is 7.46. The summed E-state index contributed by atoms with van der Waals surface area (Å²) in [6.07, 6.45) is 1.73. The van der Waals surface area contributed by atoms with Crippen molar-refractivity contribution in [3.8, 4) is 0 Å². The van der Waals surface area contributed by atoms with Gasteiger partial charge in [0, 0.05) is 13.0 Å². The number of rotatable bonds is 6. The molecule has 0 aromatic carbocycles. The third-order valence-corrected chi connectivity index (χ3v) is 2.33. The number of ether oxygens (including phenoxy) is 1. The van der Waals surface area contributed by atoms with Gasteiger partial charge in [0.1, 0.15) is 0 Å². The molecule has 0 heterocycles. The van der Waals surface area contributed by atoms with Gasteiger partial charge in [-0.1, -0.05) is 6.92 Å². The van der Waals surface area contributed by atoms with E-state index in [2.05, 4.69) is 8.85 Å². The molecule has 15 heavy (non-hydrogen) atoms. The van der Waals surface area contributed by atoms with Gasteiger partial charge in [-0.05, 0) is 19.8 Å². The molecule has 88 valence electrons. The Bertz CT molecular complexity index is 212. The quantitative estimate of drug-likeness (QED) is 0.338. The highest BCUT2D eigenvalue weighted by atomic mass is 127. The molecule has 0 saturated carbocycles. The maximum atomic E-state index is 11.2. The lowest BCUT2D eigenvalue weighted by Crippen LogP contribution is -2.30. The fourth-order valence-corrected chi connectivity index (χ4v) is 1.03. The Hall–Kier alpha value is -0.530. The van der Waals surface area contributed by atoms with Crippen LogP contribution in [-0.4, -0.2) is 24.6 Å². The van der Waals surface area contributed by atoms with Crippen molar-refractivity contribution in [3.63, 3.8) is 0 Å². The smallest absolute Gasteiger partial charge is 0.323 e. The molecule has 0 aliphatic heterocycles. The van der Waals surface area contributed by atoms with Crippen LogP contribution >= 0.6 is 22.9 Å². The highest BCUT2D eigenvalue weighted by Gasteiger charge is 2.07. The third kappa shape index (κ3) is 8.46. The van der Waals surface area contributed by atoms with Gasteiger partial charge in [0.05, 0.1) is 29.0 Å². The van der Waals surface area contributed by atoms with Crippen LogP contribution in [0.2, 0.25) is 0 Å². The van der Waals surface area contributed by atoms with E-state index in [0.717, 1.165) is 6.42 Å². The van der Waals surface area contributed by atoms with Gasteiger partial charge in [-0.25, -0.2) is 4.79 Å². The van der Waals surface area contributed by atoms with Gasteiger partial charge in [0.25, 0.3) is 0 Å². The predicted molar refractivity (Wildman–Crippen MR) is 65.6 cm³/mol. The van der Waals surface area contributed by atoms with Gasteiger partial charge < -0.3 is 10.1 Å². The summed E-state index contributed by atoms with van der Waals surface area (Å²) in [5, 5.41) is 2.59. The normalized spacial score (nSPS) is 11.7. The van der Waals surface area contributed by atoms with Crippen molar-refractivity contribution in [1.82, 2.24) is 8.85 Å². The molecule has 0 fully saturated rings. The van der Waals surface area contributed by atoms with Gasteiger partial charge in [-0.15, -0.1) is 0 Å². The van der Waals surface area contributed by atoms with Crippen molar-refractivity contribution in [1.29, 1.82) is 0 Å². The minimum absolute atomic E-state index is 0.0249. The summed E-state index contributed by atoms with van der Waals surface area (Å²) in [6.45, 7) is 4.30. The monoisotopic (exact) mass is 328 g/mol. The molecule has 0 aromatic rings. The van der Waals surface area contributed by atoms with E-state index in [1.807, 2.05) is 13.8 Å². The van der Waals surface area contributed by atoms with Crippen molar-refractivity contribution >= 4 is 34.9 Å². The molecule has 0 aliphatic rings. The average molecular weight is 328 g/mol. The molecule has 1 unspecified atom stereocenters. The van der Waals surface area contributed by atoms with Crippen LogP contribution in [-0.2, 0) is 9.53 Å². The Morgan fingerprint density at radius 1 is 1.47 bits per heavy atom. The first-order chi connectivity index (χ1) is 7.10. The minimum atomic E-state index is -0.245. The lowest BCUT2D eigenvalue weighted by Gasteiger charge is -2.10. The van der Waals surface area contributed by atoms with Crippen LogP contribution in [0.1, 0.15) is 33.1 Å². The Kier molecular flexibility index (Phi) is 8.44. The van der Waals surface area contributed by atoms with Crippen LogP contribution < -0.4 is 8.85 Å². The van der Waals surface area contributed by atoms with E-state index in [1.54, 1.807) is 22.9 Å². The molecule has 6 heteroatoms. The zero-order valence-electron chi connectivity index (χ0n) is 9.01. The molecule has 0 bridgehead atoms. The van der Waals surface area contributed by atoms with Crippen LogP contribution in [0.5, 0.6) is 0 Å². The molecule has 0 spiro atoms. The first kappa shape index (κ1) is 14.5. The van der Waals surface area contributed by atoms with E-state index < -0.39 is 0 Å². The van der Waals surface area contributed by atoms with E-state index >= 15 is 0 Å². The molecular weight excluding hydrogens is 311 g/mol. The minimum Gasteiger partial charge on any atom is -0.463 e. The maximum Gasteiger partial charge on any atom is 0.323 e. The van der Waals surface area contributed by atoms with Gasteiger partial charge >= 0.3 is 12.0 Å². The fourth-order valence-electron chi connectivity index (χ4n) is 0.835. The van der Waals surface area contributed by atoms with Crippen LogP contribution in [0.4, 0.5) is 4.79 Å². The average Bonchev–Trinajstić information content (AvgIpc) is 2.23. The van der Waals surface area contributed by atoms with Crippen molar-refractivity contribution in [2.75, 3.05) is 6.54 Å². The number of halogens is 1. The molecule has 0 aromatic heterocycles. The highest BCUT2D eigenvalue weighted by Crippen LogP contribution is 2.00. The molecule has 2 N–H and O–H groups in total. The number of carbonyl (C=O) groups excluding carboxylic acids is 2. The van der Waals surface area contributed by atoms with E-state index in [9.17, 15) is 9.59 Å². The number of carbonyl (C=O) groups is 2. The molecular formula is C9H17IN2O3. The number of amides is 2. The summed E-state index contributed by atoms with van der Waals surface area (Å²) in [5.74, 6) is -0.207. The molecule has 0 saturated heterocycles. The van der Waals surface area contributed by atoms with Gasteiger partial charge in [-0.2, -0.15) is 0 Å². The number of urea groups is 1. The topological polar surface area (TPSA) is 67.4 Å². The largest absolute Gasteiger partial charge is 0.463 e. The van der Waals surface area contributed by atoms with Crippen LogP contribution in [0.25, 0.3) is 0 Å². The molecule has 0 aliphatic carbocycles. The number of hydrogen-bond acceptors (Lipinski definition) is 3. The lowest BCUT2D eigenvalue weighted by atomic mass is 10.3. The number of nitrogens with one attached hydrogen (secondary N) is 2. The van der Waals surface area contributed by atoms with Gasteiger partial charge in [0.15, 0.2) is 0 Å². The summed E-state index contributed by atoms with van der Waals surface area (Å²) in [4.78, 5) is 21.9. The van der Waals surface area contributed by atoms with Gasteiger partial charge in [-0.3, -0.25) is 8.32 Å². The lowest BCUT2D eigenvalue weighted by molar-refractivity contribution is -0.148. The molecule has 0 radical (unpaired) electrons. The standard InChI is InChI=1S/C9H17IN2O3/c1-3-7(2)15-8(13)5-4-6-11-9(14)12-10/h7H,3-6H2,1-2H3,(H2,11,12,14). The van der Waals surface area contributed by atoms with Crippen molar-refractivity contribution in [2.45, 2.75) is 39.2 Å². The van der Waals surface area contributed by atoms with Crippen molar-refractivity contribution < 1.29 is 14.3 Å². The van der Waals surface area contributed by atoms with Gasteiger partial charge in [0.2, 0.25) is 0 Å². The second-order valence-corrected chi connectivity index (χ2v) is 3.70. The predicted octanol–water partition coefficient (Wildman–Crippen LogP) is 1.76. The maximum absolute atomic E-state index is 11.2. The summed E-state index contributed by atoms with van der Waals surface area (Å²) in [5.41, 5.74) is 0. The van der Waals surface area contributed by atoms with Crippen molar-refractivity contribution in [3.05, 3.63) is 0 Å². The second-order valence-electron chi connectivity index (χ2n) is 3.16. The molecule has 5 nitrogen and oxygen atoms in total. The molecule has 1 atom stereocenters. The molecule has 0 rings (SSSR count). The SMILES string of the molecule is CCC(C)OC(=O)CCCNC(=O)NI. The van der Waals surface area contributed by atoms with E-state index in [0.29, 0.717) is 19.4 Å². The van der Waals surface area contributed by atoms with E-state index in [4.69, 9.17) is 4.74 Å². The van der Waals surface area contributed by atoms with E-state index in [1.165, 1.54) is 0 Å². The van der Waals surface area contributed by atoms with Crippen LogP contribution in [0.3, 0.4) is 0 Å². The van der Waals surface area contributed by atoms with Crippen molar-refractivity contribution in [2.24, 2.45) is 0 Å². The second kappa shape index (κ2) is 8.75. The summed E-state index contributed by atoms with van der Waals surface area (Å²) in [6, 6.07) is -0.245. The number of hydrogen-bond donors (Lipinski definition) is 2. The highest BCUT2D eigenvalue weighted by molar-refractivity contribution is 14.1. The summed E-state index contributed by atoms with van der Waals surface area (Å²) >= 11 is 1.75. The van der Waals surface area contributed by atoms with E-state index in [-0.39, 0.29) is 18.1 Å². The Morgan fingerprint density at radius 3 is 2.67 bits per heavy atom. The first-order valence-corrected chi connectivity index (χ1v) is 6.02. The number of esters is 1. The van der Waals surface area contributed by atoms with Crippen LogP contribution in [0.15, 0.2) is 0 Å². The van der Waals surface area contributed by atoms with Crippen LogP contribution in [0, 0.1) is 0 Å². The summed E-state index contributed by atoms with van der Waals surface area (Å²) in [7, 11) is 0. The Labute approximate surface area is 104 Å². The Morgan fingerprint density at radius 2 is 2.13 bits per heavy atom.